The fourth-order valence-electron chi connectivity index (χ4n) is 1.98. The minimum Gasteiger partial charge on any atom is -0.375 e. The number of alkyl halides is 3. The van der Waals surface area contributed by atoms with Gasteiger partial charge in [0.05, 0.1) is 5.56 Å². The van der Waals surface area contributed by atoms with Crippen molar-refractivity contribution in [2.24, 2.45) is 0 Å². The topological polar surface area (TPSA) is 78.0 Å². The van der Waals surface area contributed by atoms with Crippen molar-refractivity contribution in [2.45, 2.75) is 25.6 Å². The molecule has 22 heavy (non-hydrogen) atoms. The zero-order chi connectivity index (χ0) is 16.5. The maximum absolute atomic E-state index is 13.0. The summed E-state index contributed by atoms with van der Waals surface area (Å²) < 4.78 is 39.0. The van der Waals surface area contributed by atoms with Crippen LogP contribution < -0.4 is 5.32 Å². The van der Waals surface area contributed by atoms with Crippen molar-refractivity contribution in [1.82, 2.24) is 9.97 Å². The molecule has 0 aliphatic heterocycles. The number of aliphatic hydroxyl groups is 1. The van der Waals surface area contributed by atoms with Crippen LogP contribution in [0.15, 0.2) is 30.5 Å². The molecule has 5 nitrogen and oxygen atoms in total. The van der Waals surface area contributed by atoms with Crippen LogP contribution in [0.3, 0.4) is 0 Å². The highest BCUT2D eigenvalue weighted by Gasteiger charge is 2.42. The number of hydrogen-bond acceptors (Lipinski definition) is 3. The van der Waals surface area contributed by atoms with Gasteiger partial charge in [0.25, 0.3) is 5.91 Å². The Morgan fingerprint density at radius 3 is 2.36 bits per heavy atom. The lowest BCUT2D eigenvalue weighted by Crippen LogP contribution is -2.39. The van der Waals surface area contributed by atoms with E-state index in [1.165, 1.54) is 18.3 Å². The molecule has 8 heteroatoms. The summed E-state index contributed by atoms with van der Waals surface area (Å²) in [5.41, 5.74) is -3.30. The summed E-state index contributed by atoms with van der Waals surface area (Å²) in [6, 6.07) is 4.39. The van der Waals surface area contributed by atoms with Gasteiger partial charge in [-0.15, -0.1) is 0 Å². The third kappa shape index (κ3) is 3.11. The molecule has 0 radical (unpaired) electrons. The van der Waals surface area contributed by atoms with E-state index in [4.69, 9.17) is 0 Å². The fraction of sp³-hybridized carbons (Fsp3) is 0.286. The number of amides is 1. The third-order valence-electron chi connectivity index (χ3n) is 3.13. The Morgan fingerprint density at radius 2 is 1.86 bits per heavy atom. The predicted octanol–water partition coefficient (Wildman–Crippen LogP) is 2.58. The maximum Gasteiger partial charge on any atom is 0.416 e. The molecule has 0 bridgehead atoms. The van der Waals surface area contributed by atoms with E-state index in [0.717, 1.165) is 19.1 Å². The number of nitrogens with zero attached hydrogens (tertiary/aromatic N) is 1. The lowest BCUT2D eigenvalue weighted by atomic mass is 9.90. The van der Waals surface area contributed by atoms with Crippen LogP contribution in [0, 0.1) is 6.92 Å². The Morgan fingerprint density at radius 1 is 1.27 bits per heavy atom. The number of H-pyrrole nitrogens is 1. The standard InChI is InChI=1S/C14H14F3N3O2/c1-8-7-18-12(19-8)20-11(21)13(2,22)9-5-3-4-6-10(9)14(15,16)17/h3-7,22H,1-2H3,(H2,18,19,20,21). The zero-order valence-corrected chi connectivity index (χ0v) is 11.8. The first-order chi connectivity index (χ1) is 10.1. The fourth-order valence-corrected chi connectivity index (χ4v) is 1.98. The molecule has 0 spiro atoms. The van der Waals surface area contributed by atoms with E-state index in [1.807, 2.05) is 0 Å². The highest BCUT2D eigenvalue weighted by atomic mass is 19.4. The largest absolute Gasteiger partial charge is 0.416 e. The molecule has 0 saturated heterocycles. The third-order valence-corrected chi connectivity index (χ3v) is 3.13. The van der Waals surface area contributed by atoms with Crippen LogP contribution in [-0.2, 0) is 16.6 Å². The van der Waals surface area contributed by atoms with Gasteiger partial charge in [-0.3, -0.25) is 10.1 Å². The van der Waals surface area contributed by atoms with Crippen molar-refractivity contribution in [2.75, 3.05) is 5.32 Å². The van der Waals surface area contributed by atoms with Gasteiger partial charge in [-0.25, -0.2) is 4.98 Å². The number of rotatable bonds is 3. The van der Waals surface area contributed by atoms with E-state index in [-0.39, 0.29) is 5.95 Å². The number of aromatic nitrogens is 2. The smallest absolute Gasteiger partial charge is 0.375 e. The minimum atomic E-state index is -4.68. The molecule has 0 saturated carbocycles. The van der Waals surface area contributed by atoms with Crippen molar-refractivity contribution < 1.29 is 23.1 Å². The van der Waals surface area contributed by atoms with E-state index in [0.29, 0.717) is 5.69 Å². The van der Waals surface area contributed by atoms with Crippen molar-refractivity contribution in [3.8, 4) is 0 Å². The number of anilines is 1. The van der Waals surface area contributed by atoms with Gasteiger partial charge in [0.1, 0.15) is 0 Å². The number of imidazole rings is 1. The van der Waals surface area contributed by atoms with Gasteiger partial charge in [0, 0.05) is 17.5 Å². The van der Waals surface area contributed by atoms with Crippen LogP contribution >= 0.6 is 0 Å². The lowest BCUT2D eigenvalue weighted by molar-refractivity contribution is -0.143. The second kappa shape index (κ2) is 5.45. The molecule has 0 aliphatic rings. The van der Waals surface area contributed by atoms with Gasteiger partial charge >= 0.3 is 6.18 Å². The Balaban J connectivity index is 2.36. The maximum atomic E-state index is 13.0. The molecule has 2 aromatic rings. The second-order valence-electron chi connectivity index (χ2n) is 4.98. The van der Waals surface area contributed by atoms with Crippen LogP contribution in [0.25, 0.3) is 0 Å². The Kier molecular flexibility index (Phi) is 3.97. The molecule has 1 aromatic carbocycles. The number of nitrogens with one attached hydrogen (secondary N) is 2. The van der Waals surface area contributed by atoms with E-state index < -0.39 is 28.8 Å². The summed E-state index contributed by atoms with van der Waals surface area (Å²) in [6.45, 7) is 2.70. The van der Waals surface area contributed by atoms with Gasteiger partial charge < -0.3 is 10.1 Å². The molecule has 0 fully saturated rings. The van der Waals surface area contributed by atoms with Crippen molar-refractivity contribution in [3.63, 3.8) is 0 Å². The zero-order valence-electron chi connectivity index (χ0n) is 11.8. The first kappa shape index (κ1) is 16.0. The first-order valence-corrected chi connectivity index (χ1v) is 6.34. The van der Waals surface area contributed by atoms with E-state index in [9.17, 15) is 23.1 Å². The molecule has 1 amide bonds. The predicted molar refractivity (Wildman–Crippen MR) is 73.0 cm³/mol. The number of benzene rings is 1. The van der Waals surface area contributed by atoms with Gasteiger partial charge in [-0.2, -0.15) is 13.2 Å². The Labute approximate surface area is 124 Å². The van der Waals surface area contributed by atoms with Crippen LogP contribution in [0.5, 0.6) is 0 Å². The van der Waals surface area contributed by atoms with Crippen molar-refractivity contribution >= 4 is 11.9 Å². The number of aryl methyl sites for hydroxylation is 1. The van der Waals surface area contributed by atoms with Gasteiger partial charge in [-0.1, -0.05) is 18.2 Å². The van der Waals surface area contributed by atoms with E-state index >= 15 is 0 Å². The summed E-state index contributed by atoms with van der Waals surface area (Å²) >= 11 is 0. The van der Waals surface area contributed by atoms with E-state index in [2.05, 4.69) is 15.3 Å². The van der Waals surface area contributed by atoms with Gasteiger partial charge in [0.15, 0.2) is 5.60 Å². The van der Waals surface area contributed by atoms with Gasteiger partial charge in [-0.05, 0) is 19.9 Å². The molecular formula is C14H14F3N3O2. The summed E-state index contributed by atoms with van der Waals surface area (Å²) in [7, 11) is 0. The monoisotopic (exact) mass is 313 g/mol. The first-order valence-electron chi connectivity index (χ1n) is 6.34. The summed E-state index contributed by atoms with van der Waals surface area (Å²) in [6.07, 6.45) is -3.24. The molecule has 2 rings (SSSR count). The molecule has 118 valence electrons. The van der Waals surface area contributed by atoms with Crippen LogP contribution in [-0.4, -0.2) is 21.0 Å². The average molecular weight is 313 g/mol. The Bertz CT molecular complexity index is 693. The molecule has 0 aliphatic carbocycles. The number of halogens is 3. The molecular weight excluding hydrogens is 299 g/mol. The van der Waals surface area contributed by atoms with Crippen LogP contribution in [0.1, 0.15) is 23.7 Å². The number of carbonyl (C=O) groups excluding carboxylic acids is 1. The number of aromatic amines is 1. The molecule has 1 aromatic heterocycles. The summed E-state index contributed by atoms with van der Waals surface area (Å²) in [4.78, 5) is 18.6. The molecule has 1 unspecified atom stereocenters. The number of carbonyl (C=O) groups is 1. The highest BCUT2D eigenvalue weighted by molar-refractivity contribution is 5.96. The summed E-state index contributed by atoms with van der Waals surface area (Å²) in [5, 5.41) is 12.6. The SMILES string of the molecule is Cc1cnc(NC(=O)C(C)(O)c2ccccc2C(F)(F)F)[nH]1. The van der Waals surface area contributed by atoms with E-state index in [1.54, 1.807) is 6.92 Å². The normalized spacial score (nSPS) is 14.5. The molecule has 1 heterocycles. The number of hydrogen-bond donors (Lipinski definition) is 3. The summed E-state index contributed by atoms with van der Waals surface area (Å²) in [5.74, 6) is -0.967. The van der Waals surface area contributed by atoms with Crippen LogP contribution in [0.4, 0.5) is 19.1 Å². The van der Waals surface area contributed by atoms with Crippen molar-refractivity contribution in [1.29, 1.82) is 0 Å². The average Bonchev–Trinajstić information content (AvgIpc) is 2.83. The lowest BCUT2D eigenvalue weighted by Gasteiger charge is -2.25. The van der Waals surface area contributed by atoms with Crippen LogP contribution in [0.2, 0.25) is 0 Å². The van der Waals surface area contributed by atoms with Crippen molar-refractivity contribution in [3.05, 3.63) is 47.3 Å². The minimum absolute atomic E-state index is 0.0484. The molecule has 3 N–H and O–H groups in total. The molecule has 1 atom stereocenters. The second-order valence-corrected chi connectivity index (χ2v) is 4.98. The Hall–Kier alpha value is -2.35. The quantitative estimate of drug-likeness (QED) is 0.815. The highest BCUT2D eigenvalue weighted by Crippen LogP contribution is 2.36. The van der Waals surface area contributed by atoms with Gasteiger partial charge in [0.2, 0.25) is 5.95 Å².